The molecular formula is C15H14BrNO3. The van der Waals surface area contributed by atoms with Crippen molar-refractivity contribution in [3.63, 3.8) is 0 Å². The van der Waals surface area contributed by atoms with Gasteiger partial charge in [-0.15, -0.1) is 0 Å². The van der Waals surface area contributed by atoms with Crippen LogP contribution in [-0.2, 0) is 11.3 Å². The second kappa shape index (κ2) is 6.05. The first-order valence-corrected chi connectivity index (χ1v) is 6.84. The number of hydrogen-bond acceptors (Lipinski definition) is 3. The van der Waals surface area contributed by atoms with E-state index in [0.717, 1.165) is 10.0 Å². The molecule has 2 rings (SSSR count). The molecule has 0 saturated carbocycles. The van der Waals surface area contributed by atoms with Gasteiger partial charge in [0.25, 0.3) is 5.56 Å². The Morgan fingerprint density at radius 3 is 2.55 bits per heavy atom. The Balaban J connectivity index is 2.27. The standard InChI is InChI=1S/C15H14BrNO3/c1-10-7-13(16)9-17(14(10)18)8-11-3-5-12(6-4-11)15(19)20-2/h3-7,9H,8H2,1-2H3. The summed E-state index contributed by atoms with van der Waals surface area (Å²) in [4.78, 5) is 23.4. The van der Waals surface area contributed by atoms with Crippen molar-refractivity contribution in [2.24, 2.45) is 0 Å². The lowest BCUT2D eigenvalue weighted by Crippen LogP contribution is -2.22. The summed E-state index contributed by atoms with van der Waals surface area (Å²) in [5, 5.41) is 0. The van der Waals surface area contributed by atoms with Crippen molar-refractivity contribution in [3.8, 4) is 0 Å². The number of ether oxygens (including phenoxy) is 1. The first-order valence-electron chi connectivity index (χ1n) is 6.05. The fraction of sp³-hybridized carbons (Fsp3) is 0.200. The van der Waals surface area contributed by atoms with E-state index in [-0.39, 0.29) is 11.5 Å². The third-order valence-corrected chi connectivity index (χ3v) is 3.39. The van der Waals surface area contributed by atoms with E-state index >= 15 is 0 Å². The zero-order valence-electron chi connectivity index (χ0n) is 11.2. The van der Waals surface area contributed by atoms with Gasteiger partial charge in [-0.2, -0.15) is 0 Å². The van der Waals surface area contributed by atoms with Crippen molar-refractivity contribution in [2.75, 3.05) is 7.11 Å². The molecule has 0 fully saturated rings. The molecule has 0 aliphatic heterocycles. The molecule has 0 N–H and O–H groups in total. The summed E-state index contributed by atoms with van der Waals surface area (Å²) in [5.74, 6) is -0.369. The molecule has 0 spiro atoms. The minimum absolute atomic E-state index is 0.0229. The lowest BCUT2D eigenvalue weighted by Gasteiger charge is -2.08. The Labute approximate surface area is 125 Å². The molecule has 0 aliphatic rings. The van der Waals surface area contributed by atoms with Crippen LogP contribution in [0, 0.1) is 6.92 Å². The van der Waals surface area contributed by atoms with E-state index in [1.807, 2.05) is 12.1 Å². The molecule has 0 atom stereocenters. The second-order valence-corrected chi connectivity index (χ2v) is 5.38. The number of benzene rings is 1. The maximum Gasteiger partial charge on any atom is 0.337 e. The fourth-order valence-corrected chi connectivity index (χ4v) is 2.51. The van der Waals surface area contributed by atoms with Gasteiger partial charge in [-0.05, 0) is 46.6 Å². The van der Waals surface area contributed by atoms with Gasteiger partial charge in [0.1, 0.15) is 0 Å². The highest BCUT2D eigenvalue weighted by Gasteiger charge is 2.06. The lowest BCUT2D eigenvalue weighted by atomic mass is 10.1. The van der Waals surface area contributed by atoms with E-state index in [2.05, 4.69) is 20.7 Å². The monoisotopic (exact) mass is 335 g/mol. The van der Waals surface area contributed by atoms with Crippen LogP contribution in [0.5, 0.6) is 0 Å². The summed E-state index contributed by atoms with van der Waals surface area (Å²) in [6, 6.07) is 8.80. The average molecular weight is 336 g/mol. The molecule has 4 nitrogen and oxygen atoms in total. The molecule has 104 valence electrons. The third-order valence-electron chi connectivity index (χ3n) is 2.96. The van der Waals surface area contributed by atoms with Crippen LogP contribution in [0.1, 0.15) is 21.5 Å². The summed E-state index contributed by atoms with van der Waals surface area (Å²) in [7, 11) is 1.35. The molecule has 0 aliphatic carbocycles. The molecule has 0 radical (unpaired) electrons. The van der Waals surface area contributed by atoms with E-state index in [4.69, 9.17) is 0 Å². The van der Waals surface area contributed by atoms with Crippen LogP contribution >= 0.6 is 15.9 Å². The highest BCUT2D eigenvalue weighted by Crippen LogP contribution is 2.11. The fourth-order valence-electron chi connectivity index (χ4n) is 1.92. The number of hydrogen-bond donors (Lipinski definition) is 0. The Morgan fingerprint density at radius 2 is 1.95 bits per heavy atom. The maximum atomic E-state index is 12.0. The highest BCUT2D eigenvalue weighted by molar-refractivity contribution is 9.10. The van der Waals surface area contributed by atoms with Crippen molar-refractivity contribution < 1.29 is 9.53 Å². The molecule has 0 amide bonds. The van der Waals surface area contributed by atoms with Crippen LogP contribution in [0.4, 0.5) is 0 Å². The van der Waals surface area contributed by atoms with Crippen LogP contribution in [0.25, 0.3) is 0 Å². The van der Waals surface area contributed by atoms with Gasteiger partial charge >= 0.3 is 5.97 Å². The minimum Gasteiger partial charge on any atom is -0.465 e. The zero-order valence-corrected chi connectivity index (χ0v) is 12.8. The normalized spacial score (nSPS) is 10.3. The summed E-state index contributed by atoms with van der Waals surface area (Å²) in [5.41, 5.74) is 2.10. The van der Waals surface area contributed by atoms with E-state index in [1.165, 1.54) is 7.11 Å². The van der Waals surface area contributed by atoms with Crippen LogP contribution in [0.3, 0.4) is 0 Å². The van der Waals surface area contributed by atoms with Gasteiger partial charge in [0.05, 0.1) is 19.2 Å². The molecule has 0 saturated heterocycles. The number of methoxy groups -OCH3 is 1. The number of esters is 1. The van der Waals surface area contributed by atoms with Crippen molar-refractivity contribution in [3.05, 3.63) is 68.0 Å². The molecule has 1 aromatic carbocycles. The summed E-state index contributed by atoms with van der Waals surface area (Å²) < 4.78 is 7.14. The van der Waals surface area contributed by atoms with E-state index < -0.39 is 0 Å². The Hall–Kier alpha value is -1.88. The number of nitrogens with zero attached hydrogens (tertiary/aromatic N) is 1. The highest BCUT2D eigenvalue weighted by atomic mass is 79.9. The van der Waals surface area contributed by atoms with Gasteiger partial charge < -0.3 is 9.30 Å². The van der Waals surface area contributed by atoms with Crippen molar-refractivity contribution in [1.82, 2.24) is 4.57 Å². The smallest absolute Gasteiger partial charge is 0.337 e. The predicted molar refractivity (Wildman–Crippen MR) is 80.0 cm³/mol. The van der Waals surface area contributed by atoms with Crippen LogP contribution in [0.2, 0.25) is 0 Å². The van der Waals surface area contributed by atoms with Gasteiger partial charge in [0, 0.05) is 16.2 Å². The summed E-state index contributed by atoms with van der Waals surface area (Å²) in [6.45, 7) is 2.24. The Morgan fingerprint density at radius 1 is 1.30 bits per heavy atom. The first-order chi connectivity index (χ1) is 9.51. The zero-order chi connectivity index (χ0) is 14.7. The third kappa shape index (κ3) is 3.17. The van der Waals surface area contributed by atoms with Crippen LogP contribution in [0.15, 0.2) is 45.8 Å². The lowest BCUT2D eigenvalue weighted by molar-refractivity contribution is 0.0600. The summed E-state index contributed by atoms with van der Waals surface area (Å²) in [6.07, 6.45) is 1.75. The van der Waals surface area contributed by atoms with Crippen LogP contribution in [-0.4, -0.2) is 17.6 Å². The number of halogens is 1. The number of carbonyl (C=O) groups excluding carboxylic acids is 1. The molecule has 0 unspecified atom stereocenters. The van der Waals surface area contributed by atoms with Gasteiger partial charge in [0.15, 0.2) is 0 Å². The predicted octanol–water partition coefficient (Wildman–Crippen LogP) is 2.75. The number of pyridine rings is 1. The van der Waals surface area contributed by atoms with E-state index in [9.17, 15) is 9.59 Å². The number of aromatic nitrogens is 1. The van der Waals surface area contributed by atoms with Gasteiger partial charge in [0.2, 0.25) is 0 Å². The average Bonchev–Trinajstić information content (AvgIpc) is 2.44. The van der Waals surface area contributed by atoms with Gasteiger partial charge in [-0.3, -0.25) is 4.79 Å². The molecule has 20 heavy (non-hydrogen) atoms. The molecule has 2 aromatic rings. The Kier molecular flexibility index (Phi) is 4.39. The number of aryl methyl sites for hydroxylation is 1. The van der Waals surface area contributed by atoms with Crippen LogP contribution < -0.4 is 5.56 Å². The van der Waals surface area contributed by atoms with Gasteiger partial charge in [-0.1, -0.05) is 12.1 Å². The Bertz CT molecular complexity index is 689. The molecule has 0 bridgehead atoms. The quantitative estimate of drug-likeness (QED) is 0.810. The molecular weight excluding hydrogens is 322 g/mol. The van der Waals surface area contributed by atoms with E-state index in [1.54, 1.807) is 35.9 Å². The minimum atomic E-state index is -0.369. The molecule has 1 aromatic heterocycles. The number of rotatable bonds is 3. The maximum absolute atomic E-state index is 12.0. The van der Waals surface area contributed by atoms with Crippen molar-refractivity contribution in [2.45, 2.75) is 13.5 Å². The second-order valence-electron chi connectivity index (χ2n) is 4.46. The van der Waals surface area contributed by atoms with Crippen molar-refractivity contribution in [1.29, 1.82) is 0 Å². The number of carbonyl (C=O) groups is 1. The van der Waals surface area contributed by atoms with Gasteiger partial charge in [-0.25, -0.2) is 4.79 Å². The topological polar surface area (TPSA) is 48.3 Å². The van der Waals surface area contributed by atoms with Crippen molar-refractivity contribution >= 4 is 21.9 Å². The first kappa shape index (κ1) is 14.5. The molecule has 1 heterocycles. The van der Waals surface area contributed by atoms with E-state index in [0.29, 0.717) is 17.7 Å². The SMILES string of the molecule is COC(=O)c1ccc(Cn2cc(Br)cc(C)c2=O)cc1. The summed E-state index contributed by atoms with van der Waals surface area (Å²) >= 11 is 3.38. The molecule has 5 heteroatoms. The largest absolute Gasteiger partial charge is 0.465 e.